The predicted molar refractivity (Wildman–Crippen MR) is 163 cm³/mol. The Bertz CT molecular complexity index is 1650. The summed E-state index contributed by atoms with van der Waals surface area (Å²) in [6, 6.07) is 10.2. The van der Waals surface area contributed by atoms with Crippen molar-refractivity contribution in [3.8, 4) is 0 Å². The van der Waals surface area contributed by atoms with Crippen LogP contribution in [0.1, 0.15) is 63.0 Å². The van der Waals surface area contributed by atoms with Gasteiger partial charge in [0.05, 0.1) is 17.3 Å². The van der Waals surface area contributed by atoms with Crippen LogP contribution in [-0.4, -0.2) is 58.2 Å². The van der Waals surface area contributed by atoms with Crippen LogP contribution in [0, 0.1) is 5.92 Å². The van der Waals surface area contributed by atoms with Crippen molar-refractivity contribution in [2.75, 3.05) is 26.2 Å². The van der Waals surface area contributed by atoms with E-state index in [0.29, 0.717) is 49.2 Å². The molecule has 6 rings (SSSR count). The summed E-state index contributed by atoms with van der Waals surface area (Å²) in [6.07, 6.45) is 7.23. The number of aryl methyl sites for hydroxylation is 1. The third kappa shape index (κ3) is 5.77. The van der Waals surface area contributed by atoms with Gasteiger partial charge >= 0.3 is 6.09 Å². The summed E-state index contributed by atoms with van der Waals surface area (Å²) in [5, 5.41) is 5.08. The van der Waals surface area contributed by atoms with Gasteiger partial charge in [0.25, 0.3) is 5.56 Å². The number of ether oxygens (including phenoxy) is 1. The topological polar surface area (TPSA) is 113 Å². The minimum atomic E-state index is -0.372. The molecule has 5 heterocycles. The van der Waals surface area contributed by atoms with E-state index in [1.807, 2.05) is 24.3 Å². The van der Waals surface area contributed by atoms with Gasteiger partial charge in [0.1, 0.15) is 16.9 Å². The zero-order chi connectivity index (χ0) is 29.3. The summed E-state index contributed by atoms with van der Waals surface area (Å²) in [7, 11) is 0. The van der Waals surface area contributed by atoms with Gasteiger partial charge in [0.15, 0.2) is 5.58 Å². The number of likely N-dealkylation sites (tertiary alicyclic amines) is 1. The summed E-state index contributed by atoms with van der Waals surface area (Å²) < 4.78 is 11.8. The van der Waals surface area contributed by atoms with Gasteiger partial charge in [-0.3, -0.25) is 4.79 Å². The van der Waals surface area contributed by atoms with E-state index in [0.717, 1.165) is 65.8 Å². The monoisotopic (exact) mass is 591 g/mol. The molecular weight excluding hydrogens is 554 g/mol. The predicted octanol–water partition coefficient (Wildman–Crippen LogP) is 5.77. The number of amides is 1. The van der Waals surface area contributed by atoms with Gasteiger partial charge in [-0.05, 0) is 62.8 Å². The molecule has 1 aromatic carbocycles. The summed E-state index contributed by atoms with van der Waals surface area (Å²) in [5.74, 6) is 0.867. The van der Waals surface area contributed by atoms with Crippen molar-refractivity contribution < 1.29 is 13.9 Å². The van der Waals surface area contributed by atoms with Gasteiger partial charge in [-0.2, -0.15) is 0 Å². The number of carbonyl (C=O) groups excluding carboxylic acids is 1. The number of halogens is 1. The first-order chi connectivity index (χ1) is 20.3. The molecule has 0 saturated carbocycles. The van der Waals surface area contributed by atoms with Crippen LogP contribution >= 0.6 is 11.6 Å². The molecule has 1 amide bonds. The molecule has 0 bridgehead atoms. The fourth-order valence-corrected chi connectivity index (χ4v) is 6.60. The number of nitrogens with one attached hydrogen (secondary N) is 2. The second-order valence-electron chi connectivity index (χ2n) is 12.0. The molecule has 0 spiro atoms. The van der Waals surface area contributed by atoms with E-state index in [2.05, 4.69) is 24.1 Å². The van der Waals surface area contributed by atoms with Gasteiger partial charge in [-0.1, -0.05) is 37.6 Å². The molecule has 9 nitrogen and oxygen atoms in total. The Labute approximate surface area is 250 Å². The summed E-state index contributed by atoms with van der Waals surface area (Å²) >= 11 is 6.16. The number of rotatable bonds is 8. The lowest BCUT2D eigenvalue weighted by Crippen LogP contribution is -2.51. The van der Waals surface area contributed by atoms with Crippen LogP contribution in [0.25, 0.3) is 22.1 Å². The number of furan rings is 1. The number of hydrogen-bond acceptors (Lipinski definition) is 7. The van der Waals surface area contributed by atoms with Gasteiger partial charge in [-0.15, -0.1) is 0 Å². The number of unbranched alkanes of at least 4 members (excludes halogenated alkanes) is 1. The normalized spacial score (nSPS) is 22.7. The molecule has 2 saturated heterocycles. The number of fused-ring (bicyclic) bond motifs is 3. The number of para-hydroxylation sites is 1. The molecule has 42 heavy (non-hydrogen) atoms. The average molecular weight is 592 g/mol. The van der Waals surface area contributed by atoms with E-state index in [4.69, 9.17) is 30.7 Å². The third-order valence-corrected chi connectivity index (χ3v) is 9.40. The summed E-state index contributed by atoms with van der Waals surface area (Å²) in [4.78, 5) is 39.7. The third-order valence-electron chi connectivity index (χ3n) is 9.18. The lowest BCUT2D eigenvalue weighted by molar-refractivity contribution is 0.0647. The Morgan fingerprint density at radius 3 is 2.93 bits per heavy atom. The molecule has 3 unspecified atom stereocenters. The van der Waals surface area contributed by atoms with Gasteiger partial charge in [0, 0.05) is 54.5 Å². The van der Waals surface area contributed by atoms with Crippen molar-refractivity contribution in [2.24, 2.45) is 5.92 Å². The highest BCUT2D eigenvalue weighted by Crippen LogP contribution is 2.38. The van der Waals surface area contributed by atoms with Crippen LogP contribution in [0.15, 0.2) is 45.7 Å². The zero-order valence-electron chi connectivity index (χ0n) is 24.2. The van der Waals surface area contributed by atoms with Crippen LogP contribution in [0.4, 0.5) is 4.79 Å². The van der Waals surface area contributed by atoms with Crippen LogP contribution in [-0.2, 0) is 23.0 Å². The average Bonchev–Trinajstić information content (AvgIpc) is 3.63. The molecule has 3 aromatic heterocycles. The van der Waals surface area contributed by atoms with E-state index < -0.39 is 0 Å². The largest absolute Gasteiger partial charge is 0.452 e. The fraction of sp³-hybridized carbons (Fsp3) is 0.500. The van der Waals surface area contributed by atoms with Crippen LogP contribution in [0.5, 0.6) is 0 Å². The van der Waals surface area contributed by atoms with E-state index in [1.54, 1.807) is 11.0 Å². The molecule has 4 aromatic rings. The molecule has 10 heteroatoms. The Kier molecular flexibility index (Phi) is 8.23. The van der Waals surface area contributed by atoms with Crippen molar-refractivity contribution in [3.05, 3.63) is 69.0 Å². The Balaban J connectivity index is 1.04. The minimum absolute atomic E-state index is 0.0677. The fourth-order valence-electron chi connectivity index (χ4n) is 6.43. The number of carbonyl (C=O) groups is 1. The molecule has 2 N–H and O–H groups in total. The van der Waals surface area contributed by atoms with E-state index in [9.17, 15) is 9.59 Å². The van der Waals surface area contributed by atoms with Crippen LogP contribution < -0.4 is 10.9 Å². The van der Waals surface area contributed by atoms with Crippen molar-refractivity contribution in [3.63, 3.8) is 0 Å². The van der Waals surface area contributed by atoms with Gasteiger partial charge in [-0.25, -0.2) is 14.8 Å². The Hall–Kier alpha value is -3.43. The maximum Gasteiger partial charge on any atom is 0.409 e. The SMILES string of the molecule is CC1CN(C(=O)OCCCCc2nc(CC3CCCN3)c3oc4ccccc4c3n2)CCC1(C)c1cc(Cl)c[nH]c1=O. The molecule has 2 aliphatic rings. The number of piperidine rings is 1. The zero-order valence-corrected chi connectivity index (χ0v) is 25.0. The summed E-state index contributed by atoms with van der Waals surface area (Å²) in [6.45, 7) is 6.56. The second kappa shape index (κ2) is 12.1. The molecule has 222 valence electrons. The van der Waals surface area contributed by atoms with E-state index >= 15 is 0 Å². The lowest BCUT2D eigenvalue weighted by atomic mass is 9.68. The number of pyridine rings is 1. The maximum atomic E-state index is 12.9. The molecule has 0 radical (unpaired) electrons. The number of nitrogens with zero attached hydrogens (tertiary/aromatic N) is 3. The number of hydrogen-bond donors (Lipinski definition) is 2. The number of aromatic nitrogens is 3. The smallest absolute Gasteiger partial charge is 0.409 e. The Morgan fingerprint density at radius 1 is 1.26 bits per heavy atom. The van der Waals surface area contributed by atoms with Crippen molar-refractivity contribution in [1.29, 1.82) is 0 Å². The molecule has 2 fully saturated rings. The molecular formula is C32H38ClN5O4. The highest BCUT2D eigenvalue weighted by molar-refractivity contribution is 6.30. The number of H-pyrrole nitrogens is 1. The first-order valence-corrected chi connectivity index (χ1v) is 15.4. The molecule has 3 atom stereocenters. The highest BCUT2D eigenvalue weighted by atomic mass is 35.5. The van der Waals surface area contributed by atoms with E-state index in [1.165, 1.54) is 12.6 Å². The van der Waals surface area contributed by atoms with Crippen molar-refractivity contribution in [1.82, 2.24) is 25.2 Å². The quantitative estimate of drug-likeness (QED) is 0.250. The van der Waals surface area contributed by atoms with Crippen molar-refractivity contribution >= 4 is 39.8 Å². The van der Waals surface area contributed by atoms with Gasteiger partial charge in [0.2, 0.25) is 0 Å². The minimum Gasteiger partial charge on any atom is -0.452 e. The molecule has 2 aliphatic heterocycles. The first-order valence-electron chi connectivity index (χ1n) is 15.0. The molecule has 0 aliphatic carbocycles. The number of benzene rings is 1. The lowest BCUT2D eigenvalue weighted by Gasteiger charge is -2.44. The summed E-state index contributed by atoms with van der Waals surface area (Å²) in [5.41, 5.74) is 3.62. The van der Waals surface area contributed by atoms with Crippen LogP contribution in [0.3, 0.4) is 0 Å². The standard InChI is InChI=1S/C32H38ClN5O4/c1-20-19-38(14-12-32(20,2)24-16-21(33)18-35-30(24)39)31(40)41-15-6-5-11-27-36-25(17-22-8-7-13-34-22)29-28(37-27)23-9-3-4-10-26(23)42-29/h3-4,9-10,16,18,20,22,34H,5-8,11-15,17,19H2,1-2H3,(H,35,39). The van der Waals surface area contributed by atoms with Crippen LogP contribution in [0.2, 0.25) is 5.02 Å². The second-order valence-corrected chi connectivity index (χ2v) is 12.4. The number of aromatic amines is 1. The Morgan fingerprint density at radius 2 is 2.12 bits per heavy atom. The maximum absolute atomic E-state index is 12.9. The first kappa shape index (κ1) is 28.7. The van der Waals surface area contributed by atoms with E-state index in [-0.39, 0.29) is 23.0 Å². The van der Waals surface area contributed by atoms with Crippen molar-refractivity contribution in [2.45, 2.75) is 70.3 Å². The highest BCUT2D eigenvalue weighted by Gasteiger charge is 2.41. The van der Waals surface area contributed by atoms with Gasteiger partial charge < -0.3 is 24.4 Å².